The Kier molecular flexibility index (Phi) is 8.06. The Balaban J connectivity index is 0.000000388. The van der Waals surface area contributed by atoms with Crippen LogP contribution in [0.2, 0.25) is 0 Å². The molecule has 2 atom stereocenters. The van der Waals surface area contributed by atoms with E-state index in [-0.39, 0.29) is 0 Å². The van der Waals surface area contributed by atoms with Gasteiger partial charge in [0.05, 0.1) is 5.39 Å². The molecule has 0 aromatic carbocycles. The predicted octanol–water partition coefficient (Wildman–Crippen LogP) is 3.66. The highest BCUT2D eigenvalue weighted by molar-refractivity contribution is 5.86. The largest absolute Gasteiger partial charge is 0.383 e. The maximum atomic E-state index is 8.08. The zero-order valence-electron chi connectivity index (χ0n) is 15.8. The van der Waals surface area contributed by atoms with Crippen LogP contribution in [0.3, 0.4) is 0 Å². The van der Waals surface area contributed by atoms with E-state index in [0.717, 1.165) is 23.4 Å². The maximum Gasteiger partial charge on any atom is 0.156 e. The average molecular weight is 348 g/mol. The number of rotatable bonds is 3. The second kappa shape index (κ2) is 9.53. The molecule has 2 unspecified atom stereocenters. The summed E-state index contributed by atoms with van der Waals surface area (Å²) in [4.78, 5) is 8.40. The molecule has 1 aliphatic rings. The molecule has 6 nitrogen and oxygen atoms in total. The molecule has 4 N–H and O–H groups in total. The quantitative estimate of drug-likeness (QED) is 0.581. The molecule has 3 rings (SSSR count). The molecule has 0 aliphatic heterocycles. The van der Waals surface area contributed by atoms with Crippen LogP contribution in [0.15, 0.2) is 31.2 Å². The van der Waals surface area contributed by atoms with Crippen molar-refractivity contribution in [3.8, 4) is 0 Å². The summed E-state index contributed by atoms with van der Waals surface area (Å²) >= 11 is 0. The van der Waals surface area contributed by atoms with Gasteiger partial charge in [0.1, 0.15) is 17.8 Å². The number of fused-ring (bicyclic) bond motifs is 1. The molecule has 1 aliphatic carbocycles. The van der Waals surface area contributed by atoms with Gasteiger partial charge in [-0.05, 0) is 51.5 Å². The van der Waals surface area contributed by atoms with E-state index in [9.17, 15) is 0 Å². The second-order valence-corrected chi connectivity index (χ2v) is 6.57. The first-order chi connectivity index (χ1) is 11.8. The van der Waals surface area contributed by atoms with E-state index in [2.05, 4.69) is 27.3 Å². The summed E-state index contributed by atoms with van der Waals surface area (Å²) in [6.45, 7) is 10.4. The number of aromatic nitrogens is 3. The van der Waals surface area contributed by atoms with Crippen LogP contribution in [0, 0.1) is 5.92 Å². The zero-order valence-corrected chi connectivity index (χ0v) is 15.8. The average Bonchev–Trinajstić information content (AvgIpc) is 3.15. The monoisotopic (exact) mass is 348 g/mol. The van der Waals surface area contributed by atoms with Crippen LogP contribution in [0.4, 0.5) is 5.82 Å². The van der Waals surface area contributed by atoms with Crippen molar-refractivity contribution in [3.63, 3.8) is 0 Å². The van der Waals surface area contributed by atoms with Gasteiger partial charge in [0, 0.05) is 12.2 Å². The third-order valence-corrected chi connectivity index (χ3v) is 3.95. The van der Waals surface area contributed by atoms with Gasteiger partial charge in [-0.25, -0.2) is 9.97 Å². The van der Waals surface area contributed by atoms with E-state index in [1.54, 1.807) is 6.33 Å². The first kappa shape index (κ1) is 21.1. The third kappa shape index (κ3) is 6.48. The third-order valence-electron chi connectivity index (χ3n) is 3.95. The lowest BCUT2D eigenvalue weighted by Crippen LogP contribution is -2.15. The molecule has 2 aromatic heterocycles. The summed E-state index contributed by atoms with van der Waals surface area (Å²) < 4.78 is 2.26. The number of allylic oxidation sites excluding steroid dienone is 1. The van der Waals surface area contributed by atoms with E-state index in [1.807, 2.05) is 26.0 Å². The summed E-state index contributed by atoms with van der Waals surface area (Å²) in [7, 11) is 0. The van der Waals surface area contributed by atoms with Crippen LogP contribution < -0.4 is 5.73 Å². The van der Waals surface area contributed by atoms with Gasteiger partial charge in [-0.1, -0.05) is 19.9 Å². The van der Waals surface area contributed by atoms with Crippen molar-refractivity contribution in [1.82, 2.24) is 14.5 Å². The van der Waals surface area contributed by atoms with Crippen molar-refractivity contribution in [2.24, 2.45) is 5.92 Å². The minimum Gasteiger partial charge on any atom is -0.383 e. The maximum absolute atomic E-state index is 8.08. The normalized spacial score (nSPS) is 19.6. The lowest BCUT2D eigenvalue weighted by atomic mass is 10.0. The van der Waals surface area contributed by atoms with Crippen LogP contribution in [-0.4, -0.2) is 30.5 Å². The minimum atomic E-state index is -1.50. The van der Waals surface area contributed by atoms with E-state index < -0.39 is 5.79 Å². The van der Waals surface area contributed by atoms with Gasteiger partial charge in [0.15, 0.2) is 5.79 Å². The first-order valence-electron chi connectivity index (χ1n) is 8.92. The minimum absolute atomic E-state index is 0.543. The number of aliphatic hydroxyl groups is 2. The number of anilines is 1. The van der Waals surface area contributed by atoms with Crippen molar-refractivity contribution in [2.75, 3.05) is 5.73 Å². The van der Waals surface area contributed by atoms with Crippen molar-refractivity contribution >= 4 is 16.9 Å². The fraction of sp³-hybridized carbons (Fsp3) is 0.579. The topological polar surface area (TPSA) is 97.2 Å². The van der Waals surface area contributed by atoms with Crippen LogP contribution in [-0.2, 0) is 0 Å². The molecular formula is C19H32N4O2. The number of nitrogen functional groups attached to an aromatic ring is 1. The molecule has 0 saturated heterocycles. The Labute approximate surface area is 150 Å². The smallest absolute Gasteiger partial charge is 0.156 e. The number of hydrogen-bond donors (Lipinski definition) is 3. The highest BCUT2D eigenvalue weighted by atomic mass is 16.5. The molecule has 6 heteroatoms. The van der Waals surface area contributed by atoms with Crippen LogP contribution >= 0.6 is 0 Å². The molecule has 0 amide bonds. The molecule has 1 fully saturated rings. The van der Waals surface area contributed by atoms with Gasteiger partial charge in [-0.3, -0.25) is 0 Å². The van der Waals surface area contributed by atoms with E-state index >= 15 is 0 Å². The SMILES string of the molecule is C=CCC1CCC(n2ccc3c(N)ncnc32)C1.CC.CC(C)(O)O. The van der Waals surface area contributed by atoms with E-state index in [0.29, 0.717) is 11.9 Å². The van der Waals surface area contributed by atoms with Crippen LogP contribution in [0.1, 0.15) is 59.4 Å². The molecule has 1 saturated carbocycles. The molecule has 2 heterocycles. The van der Waals surface area contributed by atoms with Crippen molar-refractivity contribution < 1.29 is 10.2 Å². The van der Waals surface area contributed by atoms with Crippen molar-refractivity contribution in [1.29, 1.82) is 0 Å². The van der Waals surface area contributed by atoms with Gasteiger partial charge < -0.3 is 20.5 Å². The predicted molar refractivity (Wildman–Crippen MR) is 103 cm³/mol. The Bertz CT molecular complexity index is 655. The molecule has 140 valence electrons. The fourth-order valence-electron chi connectivity index (χ4n) is 3.04. The van der Waals surface area contributed by atoms with Gasteiger partial charge in [-0.2, -0.15) is 0 Å². The van der Waals surface area contributed by atoms with Crippen molar-refractivity contribution in [2.45, 2.75) is 65.2 Å². The Morgan fingerprint density at radius 2 is 1.96 bits per heavy atom. The summed E-state index contributed by atoms with van der Waals surface area (Å²) in [6.07, 6.45) is 10.5. The summed E-state index contributed by atoms with van der Waals surface area (Å²) in [6, 6.07) is 2.56. The van der Waals surface area contributed by atoms with Gasteiger partial charge in [0.25, 0.3) is 0 Å². The molecule has 0 radical (unpaired) electrons. The Morgan fingerprint density at radius 3 is 2.56 bits per heavy atom. The number of nitrogens with zero attached hydrogens (tertiary/aromatic N) is 3. The number of nitrogens with two attached hydrogens (primary N) is 1. The summed E-state index contributed by atoms with van der Waals surface area (Å²) in [5.41, 5.74) is 6.83. The van der Waals surface area contributed by atoms with Crippen LogP contribution in [0.25, 0.3) is 11.0 Å². The summed E-state index contributed by atoms with van der Waals surface area (Å²) in [5, 5.41) is 17.1. The first-order valence-corrected chi connectivity index (χ1v) is 8.92. The number of hydrogen-bond acceptors (Lipinski definition) is 5. The van der Waals surface area contributed by atoms with E-state index in [4.69, 9.17) is 15.9 Å². The highest BCUT2D eigenvalue weighted by Crippen LogP contribution is 2.38. The standard InChI is InChI=1S/C14H18N4.C3H8O2.C2H6/c1-2-3-10-4-5-11(8-10)18-7-6-12-13(15)16-9-17-14(12)18;1-3(2,4)5;1-2/h2,6-7,9-11H,1,3-5,8H2,(H2,15,16,17);4-5H,1-2H3;1-2H3. The van der Waals surface area contributed by atoms with Crippen molar-refractivity contribution in [3.05, 3.63) is 31.2 Å². The molecule has 0 spiro atoms. The zero-order chi connectivity index (χ0) is 19.0. The highest BCUT2D eigenvalue weighted by Gasteiger charge is 2.26. The van der Waals surface area contributed by atoms with Gasteiger partial charge in [0.2, 0.25) is 0 Å². The van der Waals surface area contributed by atoms with Crippen LogP contribution in [0.5, 0.6) is 0 Å². The summed E-state index contributed by atoms with van der Waals surface area (Å²) in [5.74, 6) is -0.163. The molecule has 2 aromatic rings. The van der Waals surface area contributed by atoms with E-state index in [1.165, 1.54) is 33.1 Å². The molecule has 25 heavy (non-hydrogen) atoms. The molecular weight excluding hydrogens is 316 g/mol. The Hall–Kier alpha value is -1.92. The lowest BCUT2D eigenvalue weighted by Gasteiger charge is -2.13. The fourth-order valence-corrected chi connectivity index (χ4v) is 3.04. The Morgan fingerprint density at radius 1 is 1.32 bits per heavy atom. The lowest BCUT2D eigenvalue weighted by molar-refractivity contribution is -0.127. The van der Waals surface area contributed by atoms with Gasteiger partial charge in [-0.15, -0.1) is 6.58 Å². The van der Waals surface area contributed by atoms with Gasteiger partial charge >= 0.3 is 0 Å². The molecule has 0 bridgehead atoms. The second-order valence-electron chi connectivity index (χ2n) is 6.57.